The largest absolute Gasteiger partial charge is 0.496 e. The molecule has 0 radical (unpaired) electrons. The van der Waals surface area contributed by atoms with Gasteiger partial charge in [-0.2, -0.15) is 0 Å². The zero-order chi connectivity index (χ0) is 21.5. The molecule has 0 bridgehead atoms. The number of rotatable bonds is 8. The van der Waals surface area contributed by atoms with Crippen LogP contribution in [0.25, 0.3) is 0 Å². The smallest absolute Gasteiger partial charge is 0.279 e. The minimum atomic E-state index is 0.0204. The first-order valence-electron chi connectivity index (χ1n) is 10.9. The van der Waals surface area contributed by atoms with Gasteiger partial charge in [0.15, 0.2) is 6.54 Å². The second-order valence-electron chi connectivity index (χ2n) is 8.31. The number of piperazine rings is 1. The summed E-state index contributed by atoms with van der Waals surface area (Å²) in [5, 5.41) is 3.03. The lowest BCUT2D eigenvalue weighted by molar-refractivity contribution is -0.898. The first kappa shape index (κ1) is 22.1. The number of methoxy groups -OCH3 is 1. The van der Waals surface area contributed by atoms with Gasteiger partial charge in [0, 0.05) is 16.9 Å². The summed E-state index contributed by atoms with van der Waals surface area (Å²) in [4.78, 5) is 17.7. The van der Waals surface area contributed by atoms with Crippen molar-refractivity contribution in [3.8, 4) is 5.75 Å². The molecule has 3 rings (SSSR count). The molecule has 3 N–H and O–H groups in total. The molecule has 1 aliphatic rings. The highest BCUT2D eigenvalue weighted by molar-refractivity contribution is 5.91. The SMILES string of the molecule is CC[NH+]1CCN(c2ccc(NC(=O)C[NH+](C)Cc3cc(C)ccc3OC)cc2)CC1. The second-order valence-corrected chi connectivity index (χ2v) is 8.31. The van der Waals surface area contributed by atoms with Gasteiger partial charge < -0.3 is 24.8 Å². The van der Waals surface area contributed by atoms with E-state index in [2.05, 4.69) is 42.3 Å². The molecule has 1 aliphatic heterocycles. The number of likely N-dealkylation sites (N-methyl/N-ethyl adjacent to an activating group) is 2. The summed E-state index contributed by atoms with van der Waals surface area (Å²) in [5.74, 6) is 0.893. The number of hydrogen-bond donors (Lipinski definition) is 3. The number of amides is 1. The van der Waals surface area contributed by atoms with Crippen molar-refractivity contribution < 1.29 is 19.3 Å². The number of carbonyl (C=O) groups is 1. The lowest BCUT2D eigenvalue weighted by Gasteiger charge is -2.33. The van der Waals surface area contributed by atoms with Gasteiger partial charge in [-0.1, -0.05) is 11.6 Å². The number of nitrogens with zero attached hydrogens (tertiary/aromatic N) is 1. The molecule has 0 spiro atoms. The highest BCUT2D eigenvalue weighted by atomic mass is 16.5. The third kappa shape index (κ3) is 5.97. The van der Waals surface area contributed by atoms with E-state index in [4.69, 9.17) is 4.74 Å². The maximum Gasteiger partial charge on any atom is 0.279 e. The summed E-state index contributed by atoms with van der Waals surface area (Å²) in [6.45, 7) is 11.2. The number of benzene rings is 2. The molecule has 1 atom stereocenters. The lowest BCUT2D eigenvalue weighted by Crippen LogP contribution is -3.14. The molecule has 2 aromatic carbocycles. The van der Waals surface area contributed by atoms with Crippen LogP contribution < -0.4 is 24.8 Å². The molecule has 162 valence electrons. The number of nitrogens with one attached hydrogen (secondary N) is 3. The van der Waals surface area contributed by atoms with E-state index in [1.54, 1.807) is 12.0 Å². The lowest BCUT2D eigenvalue weighted by atomic mass is 10.1. The van der Waals surface area contributed by atoms with Gasteiger partial charge in [-0.25, -0.2) is 0 Å². The van der Waals surface area contributed by atoms with Gasteiger partial charge in [-0.05, 0) is 50.2 Å². The monoisotopic (exact) mass is 412 g/mol. The molecule has 1 heterocycles. The van der Waals surface area contributed by atoms with Crippen LogP contribution in [-0.2, 0) is 11.3 Å². The Hall–Kier alpha value is -2.57. The van der Waals surface area contributed by atoms with E-state index in [1.807, 2.05) is 31.3 Å². The highest BCUT2D eigenvalue weighted by Crippen LogP contribution is 2.19. The average molecular weight is 413 g/mol. The van der Waals surface area contributed by atoms with Crippen molar-refractivity contribution in [2.45, 2.75) is 20.4 Å². The van der Waals surface area contributed by atoms with E-state index in [1.165, 1.54) is 30.9 Å². The Morgan fingerprint density at radius 2 is 1.87 bits per heavy atom. The summed E-state index contributed by atoms with van der Waals surface area (Å²) in [6.07, 6.45) is 0. The van der Waals surface area contributed by atoms with Crippen molar-refractivity contribution in [3.05, 3.63) is 53.6 Å². The van der Waals surface area contributed by atoms with E-state index < -0.39 is 0 Å². The number of anilines is 2. The van der Waals surface area contributed by atoms with Crippen molar-refractivity contribution >= 4 is 17.3 Å². The van der Waals surface area contributed by atoms with Crippen LogP contribution >= 0.6 is 0 Å². The number of hydrogen-bond acceptors (Lipinski definition) is 3. The summed E-state index contributed by atoms with van der Waals surface area (Å²) >= 11 is 0. The van der Waals surface area contributed by atoms with Crippen LogP contribution in [0.2, 0.25) is 0 Å². The minimum absolute atomic E-state index is 0.0204. The van der Waals surface area contributed by atoms with Crippen molar-refractivity contribution in [1.29, 1.82) is 0 Å². The number of aryl methyl sites for hydroxylation is 1. The van der Waals surface area contributed by atoms with Gasteiger partial charge in [-0.3, -0.25) is 4.79 Å². The standard InChI is InChI=1S/C24H34N4O2/c1-5-27-12-14-28(15-13-27)22-9-7-21(8-10-22)25-24(29)18-26(3)17-20-16-19(2)6-11-23(20)30-4/h6-11,16H,5,12-15,17-18H2,1-4H3,(H,25,29)/p+2. The molecule has 2 aromatic rings. The van der Waals surface area contributed by atoms with Crippen LogP contribution in [0.5, 0.6) is 5.75 Å². The fourth-order valence-electron chi connectivity index (χ4n) is 4.10. The molecule has 0 aliphatic carbocycles. The van der Waals surface area contributed by atoms with E-state index >= 15 is 0 Å². The van der Waals surface area contributed by atoms with E-state index in [9.17, 15) is 4.79 Å². The quantitative estimate of drug-likeness (QED) is 0.588. The van der Waals surface area contributed by atoms with Crippen LogP contribution in [0.1, 0.15) is 18.1 Å². The third-order valence-corrected chi connectivity index (χ3v) is 5.88. The molecule has 1 saturated heterocycles. The molecule has 0 saturated carbocycles. The summed E-state index contributed by atoms with van der Waals surface area (Å²) in [5.41, 5.74) is 4.40. The number of quaternary nitrogens is 2. The molecule has 6 nitrogen and oxygen atoms in total. The second kappa shape index (κ2) is 10.5. The van der Waals surface area contributed by atoms with Crippen molar-refractivity contribution in [2.75, 3.05) is 63.6 Å². The molecule has 1 fully saturated rings. The van der Waals surface area contributed by atoms with Gasteiger partial charge in [0.25, 0.3) is 5.91 Å². The molecule has 6 heteroatoms. The zero-order valence-electron chi connectivity index (χ0n) is 18.8. The van der Waals surface area contributed by atoms with Crippen molar-refractivity contribution in [2.24, 2.45) is 0 Å². The summed E-state index contributed by atoms with van der Waals surface area (Å²) < 4.78 is 5.46. The first-order chi connectivity index (χ1) is 14.5. The third-order valence-electron chi connectivity index (χ3n) is 5.88. The number of ether oxygens (including phenoxy) is 1. The Morgan fingerprint density at radius 1 is 1.17 bits per heavy atom. The Balaban J connectivity index is 1.50. The normalized spacial score (nSPS) is 15.7. The predicted molar refractivity (Wildman–Crippen MR) is 122 cm³/mol. The van der Waals surface area contributed by atoms with Gasteiger partial charge in [0.05, 0.1) is 46.9 Å². The highest BCUT2D eigenvalue weighted by Gasteiger charge is 2.19. The Morgan fingerprint density at radius 3 is 2.50 bits per heavy atom. The van der Waals surface area contributed by atoms with Gasteiger partial charge in [0.2, 0.25) is 0 Å². The molecular weight excluding hydrogens is 376 g/mol. The fourth-order valence-corrected chi connectivity index (χ4v) is 4.10. The van der Waals surface area contributed by atoms with Crippen LogP contribution in [0.15, 0.2) is 42.5 Å². The number of carbonyl (C=O) groups excluding carboxylic acids is 1. The van der Waals surface area contributed by atoms with E-state index in [0.717, 1.165) is 41.5 Å². The molecule has 1 unspecified atom stereocenters. The van der Waals surface area contributed by atoms with Gasteiger partial charge in [-0.15, -0.1) is 0 Å². The van der Waals surface area contributed by atoms with Crippen LogP contribution in [-0.4, -0.2) is 59.3 Å². The maximum absolute atomic E-state index is 12.5. The summed E-state index contributed by atoms with van der Waals surface area (Å²) in [6, 6.07) is 14.4. The van der Waals surface area contributed by atoms with Crippen LogP contribution in [0.3, 0.4) is 0 Å². The topological polar surface area (TPSA) is 50.5 Å². The van der Waals surface area contributed by atoms with Crippen LogP contribution in [0, 0.1) is 6.92 Å². The Labute approximate surface area is 180 Å². The first-order valence-corrected chi connectivity index (χ1v) is 10.9. The van der Waals surface area contributed by atoms with E-state index in [0.29, 0.717) is 6.54 Å². The average Bonchev–Trinajstić information content (AvgIpc) is 2.74. The predicted octanol–water partition coefficient (Wildman–Crippen LogP) is 0.382. The molecule has 0 aromatic heterocycles. The maximum atomic E-state index is 12.5. The Kier molecular flexibility index (Phi) is 7.71. The van der Waals surface area contributed by atoms with E-state index in [-0.39, 0.29) is 5.91 Å². The van der Waals surface area contributed by atoms with Gasteiger partial charge >= 0.3 is 0 Å². The molecule has 1 amide bonds. The molecule has 30 heavy (non-hydrogen) atoms. The van der Waals surface area contributed by atoms with Crippen molar-refractivity contribution in [1.82, 2.24) is 0 Å². The summed E-state index contributed by atoms with van der Waals surface area (Å²) in [7, 11) is 3.72. The van der Waals surface area contributed by atoms with Crippen LogP contribution in [0.4, 0.5) is 11.4 Å². The zero-order valence-corrected chi connectivity index (χ0v) is 18.8. The molecular formula is C24H36N4O2+2. The van der Waals surface area contributed by atoms with Gasteiger partial charge in [0.1, 0.15) is 12.3 Å². The van der Waals surface area contributed by atoms with Crippen molar-refractivity contribution in [3.63, 3.8) is 0 Å². The Bertz CT molecular complexity index is 830. The fraction of sp³-hybridized carbons (Fsp3) is 0.458. The minimum Gasteiger partial charge on any atom is -0.496 e.